The molecule has 0 aliphatic heterocycles. The molecule has 0 N–H and O–H groups in total. The maximum Gasteiger partial charge on any atom is 3.00 e. The minimum absolute atomic E-state index is 0. The predicted molar refractivity (Wildman–Crippen MR) is 66.3 cm³/mol. The molecule has 6 heteroatoms. The maximum absolute atomic E-state index is 9.53. The van der Waals surface area contributed by atoms with Gasteiger partial charge in [-0.2, -0.15) is 0 Å². The van der Waals surface area contributed by atoms with Gasteiger partial charge in [0, 0.05) is 0 Å². The van der Waals surface area contributed by atoms with Crippen molar-refractivity contribution in [2.45, 2.75) is 79.8 Å². The van der Waals surface area contributed by atoms with E-state index in [1.165, 1.54) is 0 Å². The molecular weight excluding hydrogens is 258 g/mol. The van der Waals surface area contributed by atoms with Gasteiger partial charge in [-0.1, -0.05) is 55.4 Å². The molecule has 0 aromatic rings. The number of hydrogen-bond acceptors (Lipinski definition) is 4. The van der Waals surface area contributed by atoms with E-state index in [0.29, 0.717) is 0 Å². The maximum atomic E-state index is 9.53. The molecule has 0 saturated carbocycles. The van der Waals surface area contributed by atoms with Gasteiger partial charge in [0.15, 0.2) is 0 Å². The first-order valence-electron chi connectivity index (χ1n) is 5.56. The van der Waals surface area contributed by atoms with E-state index in [1.54, 1.807) is 55.4 Å². The third-order valence-electron chi connectivity index (χ3n) is 0. The molecule has 0 aromatic carbocycles. The summed E-state index contributed by atoms with van der Waals surface area (Å²) in [5.41, 5.74) is 0. The predicted octanol–water partition coefficient (Wildman–Crippen LogP) is -4.36. The van der Waals surface area contributed by atoms with Gasteiger partial charge in [-0.3, -0.25) is 0 Å². The standard InChI is InChI=1S/4C3H7O.Al.Na/c4*1-3(2)4;;/h4*3H,1-2H3;;/q4*-1;+3;+1. The molecule has 0 aromatic heterocycles. The summed E-state index contributed by atoms with van der Waals surface area (Å²) in [5.74, 6) is 0. The average Bonchev–Trinajstić information content (AvgIpc) is 1.76. The molecule has 0 heterocycles. The minimum Gasteiger partial charge on any atom is -0.852 e. The van der Waals surface area contributed by atoms with Crippen LogP contribution < -0.4 is 50.0 Å². The van der Waals surface area contributed by atoms with Crippen molar-refractivity contribution in [3.63, 3.8) is 0 Å². The molecule has 0 aliphatic rings. The molecule has 0 fully saturated rings. The van der Waals surface area contributed by atoms with Crippen molar-refractivity contribution in [2.75, 3.05) is 0 Å². The van der Waals surface area contributed by atoms with Crippen LogP contribution >= 0.6 is 0 Å². The molecule has 0 radical (unpaired) electrons. The minimum atomic E-state index is -0.417. The van der Waals surface area contributed by atoms with Crippen LogP contribution in [0.3, 0.4) is 0 Å². The van der Waals surface area contributed by atoms with Gasteiger partial charge in [0.05, 0.1) is 0 Å². The molecule has 0 spiro atoms. The third kappa shape index (κ3) is 2470. The zero-order valence-corrected chi connectivity index (χ0v) is 16.7. The van der Waals surface area contributed by atoms with Crippen molar-refractivity contribution in [3.8, 4) is 0 Å². The van der Waals surface area contributed by atoms with Gasteiger partial charge in [-0.05, 0) is 0 Å². The van der Waals surface area contributed by atoms with Crippen molar-refractivity contribution < 1.29 is 50.0 Å². The summed E-state index contributed by atoms with van der Waals surface area (Å²) in [7, 11) is 0. The Morgan fingerprint density at radius 1 is 0.444 bits per heavy atom. The fourth-order valence-electron chi connectivity index (χ4n) is 0. The smallest absolute Gasteiger partial charge is 0.852 e. The molecule has 18 heavy (non-hydrogen) atoms. The fraction of sp³-hybridized carbons (Fsp3) is 1.00. The van der Waals surface area contributed by atoms with Crippen LogP contribution in [0.4, 0.5) is 0 Å². The third-order valence-corrected chi connectivity index (χ3v) is 0. The molecule has 0 saturated heterocycles. The van der Waals surface area contributed by atoms with E-state index in [-0.39, 0.29) is 46.9 Å². The topological polar surface area (TPSA) is 92.2 Å². The van der Waals surface area contributed by atoms with Crippen molar-refractivity contribution in [2.24, 2.45) is 0 Å². The largest absolute Gasteiger partial charge is 3.00 e. The van der Waals surface area contributed by atoms with Crippen LogP contribution in [0.1, 0.15) is 55.4 Å². The van der Waals surface area contributed by atoms with Crippen LogP contribution in [0.5, 0.6) is 0 Å². The molecular formula is C12H28AlNaO4. The first-order chi connectivity index (χ1) is 6.93. The van der Waals surface area contributed by atoms with Crippen molar-refractivity contribution in [3.05, 3.63) is 0 Å². The van der Waals surface area contributed by atoms with E-state index in [9.17, 15) is 20.4 Å². The van der Waals surface area contributed by atoms with E-state index in [0.717, 1.165) is 0 Å². The van der Waals surface area contributed by atoms with Crippen LogP contribution in [0, 0.1) is 0 Å². The number of rotatable bonds is 0. The van der Waals surface area contributed by atoms with Gasteiger partial charge in [-0.15, -0.1) is 24.4 Å². The Kier molecular flexibility index (Phi) is 63.0. The Morgan fingerprint density at radius 3 is 0.444 bits per heavy atom. The van der Waals surface area contributed by atoms with Crippen LogP contribution in [-0.2, 0) is 0 Å². The summed E-state index contributed by atoms with van der Waals surface area (Å²) in [4.78, 5) is 0. The van der Waals surface area contributed by atoms with Gasteiger partial charge in [0.1, 0.15) is 0 Å². The monoisotopic (exact) mass is 286 g/mol. The summed E-state index contributed by atoms with van der Waals surface area (Å²) in [6.07, 6.45) is -1.67. The molecule has 0 amide bonds. The fourth-order valence-corrected chi connectivity index (χ4v) is 0. The summed E-state index contributed by atoms with van der Waals surface area (Å²) in [5, 5.41) is 38.1. The second-order valence-corrected chi connectivity index (χ2v) is 4.20. The van der Waals surface area contributed by atoms with Crippen LogP contribution in [0.15, 0.2) is 0 Å². The summed E-state index contributed by atoms with van der Waals surface area (Å²) in [6, 6.07) is 0. The second kappa shape index (κ2) is 31.0. The average molecular weight is 286 g/mol. The summed E-state index contributed by atoms with van der Waals surface area (Å²) >= 11 is 0. The number of hydrogen-bond donors (Lipinski definition) is 0. The van der Waals surface area contributed by atoms with E-state index in [1.807, 2.05) is 0 Å². The van der Waals surface area contributed by atoms with Gasteiger partial charge in [-0.25, -0.2) is 0 Å². The van der Waals surface area contributed by atoms with Crippen molar-refractivity contribution >= 4 is 17.4 Å². The zero-order chi connectivity index (χ0) is 14.3. The molecule has 0 atom stereocenters. The molecule has 104 valence electrons. The van der Waals surface area contributed by atoms with Crippen molar-refractivity contribution in [1.82, 2.24) is 0 Å². The van der Waals surface area contributed by atoms with Crippen LogP contribution in [-0.4, -0.2) is 41.8 Å². The molecule has 0 unspecified atom stereocenters. The Bertz CT molecular complexity index is 67.1. The molecule has 0 aliphatic carbocycles. The summed E-state index contributed by atoms with van der Waals surface area (Å²) in [6.45, 7) is 12.9. The van der Waals surface area contributed by atoms with Gasteiger partial charge < -0.3 is 20.4 Å². The SMILES string of the molecule is CC(C)[O-].CC(C)[O-].CC(C)[O-].CC(C)[O-].[Al+3].[Na+]. The quantitative estimate of drug-likeness (QED) is 0.421. The first kappa shape index (κ1) is 36.6. The molecule has 0 rings (SSSR count). The van der Waals surface area contributed by atoms with E-state index in [2.05, 4.69) is 0 Å². The Balaban J connectivity index is -0.0000000257. The normalized spacial score (nSPS) is 8.00. The Hall–Kier alpha value is 1.37. The molecule has 4 nitrogen and oxygen atoms in total. The second-order valence-electron chi connectivity index (χ2n) is 4.20. The Labute approximate surface area is 146 Å². The van der Waals surface area contributed by atoms with E-state index >= 15 is 0 Å². The molecule has 0 bridgehead atoms. The van der Waals surface area contributed by atoms with Gasteiger partial charge in [0.2, 0.25) is 0 Å². The van der Waals surface area contributed by atoms with E-state index < -0.39 is 24.4 Å². The van der Waals surface area contributed by atoms with Crippen LogP contribution in [0.25, 0.3) is 0 Å². The zero-order valence-electron chi connectivity index (χ0n) is 13.5. The van der Waals surface area contributed by atoms with Crippen molar-refractivity contribution in [1.29, 1.82) is 0 Å². The summed E-state index contributed by atoms with van der Waals surface area (Å²) < 4.78 is 0. The van der Waals surface area contributed by atoms with Crippen LogP contribution in [0.2, 0.25) is 0 Å². The first-order valence-corrected chi connectivity index (χ1v) is 5.56. The van der Waals surface area contributed by atoms with Gasteiger partial charge >= 0.3 is 46.9 Å². The Morgan fingerprint density at radius 2 is 0.444 bits per heavy atom. The van der Waals surface area contributed by atoms with E-state index in [4.69, 9.17) is 0 Å². The van der Waals surface area contributed by atoms with Gasteiger partial charge in [0.25, 0.3) is 0 Å².